The second kappa shape index (κ2) is 7.54. The summed E-state index contributed by atoms with van der Waals surface area (Å²) < 4.78 is 39.5. The molecule has 0 spiro atoms. The van der Waals surface area contributed by atoms with E-state index in [4.69, 9.17) is 0 Å². The second-order valence-electron chi connectivity index (χ2n) is 7.45. The Morgan fingerprint density at radius 3 is 2.50 bits per heavy atom. The van der Waals surface area contributed by atoms with Crippen molar-refractivity contribution in [1.29, 1.82) is 0 Å². The number of carbonyl (C=O) groups is 2. The summed E-state index contributed by atoms with van der Waals surface area (Å²) in [6.07, 6.45) is 1.76. The lowest BCUT2D eigenvalue weighted by atomic mass is 10.1. The number of nitrogens with one attached hydrogen (secondary N) is 1. The van der Waals surface area contributed by atoms with Crippen molar-refractivity contribution in [3.05, 3.63) is 48.0 Å². The SMILES string of the molecule is O=C(NCc1cnc(N2CCN(CC3(C(F)(F)F)CC3)C2=O)nc1)c1cccnc1. The molecule has 0 radical (unpaired) electrons. The first-order valence-corrected chi connectivity index (χ1v) is 9.41. The van der Waals surface area contributed by atoms with Crippen LogP contribution in [0.4, 0.5) is 23.9 Å². The molecule has 8 nitrogen and oxygen atoms in total. The minimum absolute atomic E-state index is 0.0518. The number of nitrogens with zero attached hydrogens (tertiary/aromatic N) is 5. The molecule has 2 aromatic heterocycles. The number of carbonyl (C=O) groups excluding carboxylic acids is 2. The summed E-state index contributed by atoms with van der Waals surface area (Å²) in [4.78, 5) is 39.2. The minimum Gasteiger partial charge on any atom is -0.348 e. The van der Waals surface area contributed by atoms with Crippen LogP contribution in [-0.4, -0.2) is 57.6 Å². The maximum Gasteiger partial charge on any atom is 0.396 e. The van der Waals surface area contributed by atoms with Crippen molar-refractivity contribution in [3.63, 3.8) is 0 Å². The molecule has 1 saturated carbocycles. The standard InChI is InChI=1S/C19H19F3N6O2/c20-19(21,22)18(3-4-18)12-27-6-7-28(17(27)30)16-25-9-13(10-26-16)8-24-15(29)14-2-1-5-23-11-14/h1-2,5,9-11H,3-4,6-8,12H2,(H,24,29). The average molecular weight is 420 g/mol. The van der Waals surface area contributed by atoms with Crippen molar-refractivity contribution in [2.24, 2.45) is 5.41 Å². The molecule has 158 valence electrons. The number of halogens is 3. The molecule has 4 rings (SSSR count). The lowest BCUT2D eigenvalue weighted by molar-refractivity contribution is -0.189. The van der Waals surface area contributed by atoms with Crippen molar-refractivity contribution in [1.82, 2.24) is 25.2 Å². The molecule has 2 fully saturated rings. The van der Waals surface area contributed by atoms with Crippen molar-refractivity contribution in [3.8, 4) is 0 Å². The Morgan fingerprint density at radius 2 is 1.90 bits per heavy atom. The van der Waals surface area contributed by atoms with E-state index in [1.807, 2.05) is 0 Å². The van der Waals surface area contributed by atoms with Gasteiger partial charge in [0, 0.05) is 56.5 Å². The van der Waals surface area contributed by atoms with Gasteiger partial charge in [0.05, 0.1) is 11.0 Å². The Labute approximate surface area is 170 Å². The van der Waals surface area contributed by atoms with E-state index in [9.17, 15) is 22.8 Å². The van der Waals surface area contributed by atoms with E-state index in [-0.39, 0.29) is 50.9 Å². The second-order valence-corrected chi connectivity index (χ2v) is 7.45. The van der Waals surface area contributed by atoms with Crippen molar-refractivity contribution in [2.45, 2.75) is 25.6 Å². The van der Waals surface area contributed by atoms with Gasteiger partial charge in [0.1, 0.15) is 0 Å². The van der Waals surface area contributed by atoms with E-state index >= 15 is 0 Å². The molecule has 3 heterocycles. The zero-order valence-electron chi connectivity index (χ0n) is 15.9. The van der Waals surface area contributed by atoms with Gasteiger partial charge >= 0.3 is 12.2 Å². The Kier molecular flexibility index (Phi) is 5.04. The molecule has 0 unspecified atom stereocenters. The van der Waals surface area contributed by atoms with E-state index in [2.05, 4.69) is 20.3 Å². The summed E-state index contributed by atoms with van der Waals surface area (Å²) in [5.41, 5.74) is -0.728. The first-order chi connectivity index (χ1) is 14.3. The van der Waals surface area contributed by atoms with Gasteiger partial charge in [0.2, 0.25) is 5.95 Å². The van der Waals surface area contributed by atoms with E-state index < -0.39 is 17.6 Å². The Morgan fingerprint density at radius 1 is 1.17 bits per heavy atom. The number of rotatable bonds is 6. The van der Waals surface area contributed by atoms with Gasteiger partial charge in [-0.3, -0.25) is 14.7 Å². The van der Waals surface area contributed by atoms with Crippen LogP contribution in [0.1, 0.15) is 28.8 Å². The summed E-state index contributed by atoms with van der Waals surface area (Å²) in [6.45, 7) is 0.277. The maximum absolute atomic E-state index is 13.2. The lowest BCUT2D eigenvalue weighted by Gasteiger charge is -2.25. The van der Waals surface area contributed by atoms with E-state index in [0.29, 0.717) is 11.1 Å². The van der Waals surface area contributed by atoms with Crippen LogP contribution in [0.15, 0.2) is 36.9 Å². The van der Waals surface area contributed by atoms with Crippen LogP contribution < -0.4 is 10.2 Å². The van der Waals surface area contributed by atoms with Crippen LogP contribution in [0.5, 0.6) is 0 Å². The van der Waals surface area contributed by atoms with Crippen LogP contribution >= 0.6 is 0 Å². The third-order valence-electron chi connectivity index (χ3n) is 5.35. The third-order valence-corrected chi connectivity index (χ3v) is 5.35. The van der Waals surface area contributed by atoms with Gasteiger partial charge in [-0.2, -0.15) is 13.2 Å². The first kappa shape index (κ1) is 20.0. The summed E-state index contributed by atoms with van der Waals surface area (Å²) in [5, 5.41) is 2.71. The van der Waals surface area contributed by atoms with Crippen LogP contribution in [0.3, 0.4) is 0 Å². The number of amides is 3. The van der Waals surface area contributed by atoms with Crippen molar-refractivity contribution >= 4 is 17.9 Å². The Bertz CT molecular complexity index is 932. The molecule has 0 bridgehead atoms. The number of anilines is 1. The Hall–Kier alpha value is -3.24. The third kappa shape index (κ3) is 3.91. The van der Waals surface area contributed by atoms with Crippen LogP contribution in [-0.2, 0) is 6.54 Å². The number of alkyl halides is 3. The quantitative estimate of drug-likeness (QED) is 0.775. The Balaban J connectivity index is 1.34. The van der Waals surface area contributed by atoms with E-state index in [0.717, 1.165) is 0 Å². The van der Waals surface area contributed by atoms with Gasteiger partial charge in [-0.05, 0) is 25.0 Å². The van der Waals surface area contributed by atoms with Gasteiger partial charge in [0.25, 0.3) is 5.91 Å². The number of hydrogen-bond acceptors (Lipinski definition) is 5. The van der Waals surface area contributed by atoms with Gasteiger partial charge in [-0.15, -0.1) is 0 Å². The van der Waals surface area contributed by atoms with Crippen molar-refractivity contribution in [2.75, 3.05) is 24.5 Å². The van der Waals surface area contributed by atoms with Gasteiger partial charge in [0.15, 0.2) is 0 Å². The molecular formula is C19H19F3N6O2. The number of hydrogen-bond donors (Lipinski definition) is 1. The topological polar surface area (TPSA) is 91.3 Å². The zero-order chi connectivity index (χ0) is 21.4. The molecule has 1 N–H and O–H groups in total. The maximum atomic E-state index is 13.2. The molecule has 1 aliphatic carbocycles. The fraction of sp³-hybridized carbons (Fsp3) is 0.421. The largest absolute Gasteiger partial charge is 0.396 e. The molecule has 1 aliphatic heterocycles. The smallest absolute Gasteiger partial charge is 0.348 e. The van der Waals surface area contributed by atoms with Crippen LogP contribution in [0.2, 0.25) is 0 Å². The first-order valence-electron chi connectivity index (χ1n) is 9.41. The highest BCUT2D eigenvalue weighted by Crippen LogP contribution is 2.58. The monoisotopic (exact) mass is 420 g/mol. The number of pyridine rings is 1. The van der Waals surface area contributed by atoms with Gasteiger partial charge < -0.3 is 10.2 Å². The fourth-order valence-corrected chi connectivity index (χ4v) is 3.32. The molecule has 2 aliphatic rings. The van der Waals surface area contributed by atoms with E-state index in [1.165, 1.54) is 28.4 Å². The lowest BCUT2D eigenvalue weighted by Crippen LogP contribution is -2.41. The molecule has 0 atom stereocenters. The van der Waals surface area contributed by atoms with Crippen LogP contribution in [0.25, 0.3) is 0 Å². The van der Waals surface area contributed by atoms with Crippen LogP contribution in [0, 0.1) is 5.41 Å². The summed E-state index contributed by atoms with van der Waals surface area (Å²) in [6, 6.07) is 2.77. The molecule has 30 heavy (non-hydrogen) atoms. The summed E-state index contributed by atoms with van der Waals surface area (Å²) in [7, 11) is 0. The number of aromatic nitrogens is 3. The predicted molar refractivity (Wildman–Crippen MR) is 99.5 cm³/mol. The highest BCUT2D eigenvalue weighted by Gasteiger charge is 2.64. The summed E-state index contributed by atoms with van der Waals surface area (Å²) in [5.74, 6) is -0.169. The highest BCUT2D eigenvalue weighted by molar-refractivity contribution is 5.94. The average Bonchev–Trinajstić information content (AvgIpc) is 3.45. The molecule has 2 aromatic rings. The number of urea groups is 1. The zero-order valence-corrected chi connectivity index (χ0v) is 15.9. The fourth-order valence-electron chi connectivity index (χ4n) is 3.32. The minimum atomic E-state index is -4.31. The van der Waals surface area contributed by atoms with Gasteiger partial charge in [-0.25, -0.2) is 14.8 Å². The molecule has 1 saturated heterocycles. The summed E-state index contributed by atoms with van der Waals surface area (Å²) >= 11 is 0. The molecular weight excluding hydrogens is 401 g/mol. The normalized spacial score (nSPS) is 17.9. The van der Waals surface area contributed by atoms with Crippen molar-refractivity contribution < 1.29 is 22.8 Å². The highest BCUT2D eigenvalue weighted by atomic mass is 19.4. The predicted octanol–water partition coefficient (Wildman–Crippen LogP) is 2.39. The van der Waals surface area contributed by atoms with Gasteiger partial charge in [-0.1, -0.05) is 0 Å². The van der Waals surface area contributed by atoms with E-state index in [1.54, 1.807) is 18.3 Å². The molecule has 0 aromatic carbocycles. The molecule has 11 heteroatoms. The molecule has 3 amide bonds.